The van der Waals surface area contributed by atoms with Crippen molar-refractivity contribution in [3.8, 4) is 0 Å². The van der Waals surface area contributed by atoms with Gasteiger partial charge in [-0.3, -0.25) is 0 Å². The van der Waals surface area contributed by atoms with Gasteiger partial charge in [0.1, 0.15) is 0 Å². The fourth-order valence-electron chi connectivity index (χ4n) is 1.97. The molecule has 0 saturated carbocycles. The number of nitrogens with one attached hydrogen (secondary N) is 1. The quantitative estimate of drug-likeness (QED) is 0.837. The van der Waals surface area contributed by atoms with Gasteiger partial charge in [-0.15, -0.1) is 0 Å². The van der Waals surface area contributed by atoms with Crippen LogP contribution in [0.2, 0.25) is 0 Å². The van der Waals surface area contributed by atoms with Crippen molar-refractivity contribution in [2.24, 2.45) is 0 Å². The van der Waals surface area contributed by atoms with Gasteiger partial charge >= 0.3 is 12.0 Å². The number of carboxylic acids is 1. The Bertz CT molecular complexity index is 456. The van der Waals surface area contributed by atoms with E-state index in [4.69, 9.17) is 5.11 Å². The van der Waals surface area contributed by atoms with Crippen LogP contribution >= 0.6 is 0 Å². The molecule has 0 bridgehead atoms. The van der Waals surface area contributed by atoms with Gasteiger partial charge in [0.05, 0.1) is 5.69 Å². The van der Waals surface area contributed by atoms with E-state index in [1.807, 2.05) is 0 Å². The Hall–Kier alpha value is -2.11. The Kier molecular flexibility index (Phi) is 3.76. The SMILES string of the molecule is O=C(O)c1ncccc1NC(=O)N1CCCCC1. The smallest absolute Gasteiger partial charge is 0.356 e. The summed E-state index contributed by atoms with van der Waals surface area (Å²) in [5, 5.41) is 11.6. The molecular weight excluding hydrogens is 234 g/mol. The van der Waals surface area contributed by atoms with Gasteiger partial charge in [-0.25, -0.2) is 14.6 Å². The van der Waals surface area contributed by atoms with Gasteiger partial charge in [-0.2, -0.15) is 0 Å². The number of rotatable bonds is 2. The molecule has 0 aromatic carbocycles. The van der Waals surface area contributed by atoms with Gasteiger partial charge in [0.2, 0.25) is 0 Å². The summed E-state index contributed by atoms with van der Waals surface area (Å²) >= 11 is 0. The lowest BCUT2D eigenvalue weighted by molar-refractivity contribution is 0.0691. The summed E-state index contributed by atoms with van der Waals surface area (Å²) in [6.07, 6.45) is 4.51. The van der Waals surface area contributed by atoms with E-state index in [9.17, 15) is 9.59 Å². The van der Waals surface area contributed by atoms with E-state index in [1.165, 1.54) is 12.3 Å². The van der Waals surface area contributed by atoms with E-state index in [0.717, 1.165) is 19.3 Å². The van der Waals surface area contributed by atoms with Crippen LogP contribution in [0.25, 0.3) is 0 Å². The molecule has 2 amide bonds. The first-order valence-corrected chi connectivity index (χ1v) is 5.93. The van der Waals surface area contributed by atoms with E-state index >= 15 is 0 Å². The number of piperidine rings is 1. The molecule has 1 aliphatic heterocycles. The summed E-state index contributed by atoms with van der Waals surface area (Å²) in [7, 11) is 0. The molecule has 0 unspecified atom stereocenters. The summed E-state index contributed by atoms with van der Waals surface area (Å²) in [5.41, 5.74) is 0.100. The number of amides is 2. The largest absolute Gasteiger partial charge is 0.476 e. The lowest BCUT2D eigenvalue weighted by atomic mass is 10.1. The van der Waals surface area contributed by atoms with Crippen LogP contribution in [0.3, 0.4) is 0 Å². The predicted octanol–water partition coefficient (Wildman–Crippen LogP) is 1.80. The van der Waals surface area contributed by atoms with Gasteiger partial charge in [0.25, 0.3) is 0 Å². The zero-order chi connectivity index (χ0) is 13.0. The van der Waals surface area contributed by atoms with Crippen LogP contribution in [0.1, 0.15) is 29.8 Å². The first-order valence-electron chi connectivity index (χ1n) is 5.93. The molecule has 0 atom stereocenters. The van der Waals surface area contributed by atoms with Crippen LogP contribution in [-0.2, 0) is 0 Å². The Morgan fingerprint density at radius 2 is 2.00 bits per heavy atom. The van der Waals surface area contributed by atoms with Gasteiger partial charge in [0.15, 0.2) is 5.69 Å². The predicted molar refractivity (Wildman–Crippen MR) is 65.6 cm³/mol. The highest BCUT2D eigenvalue weighted by atomic mass is 16.4. The highest BCUT2D eigenvalue weighted by Crippen LogP contribution is 2.15. The number of anilines is 1. The summed E-state index contributed by atoms with van der Waals surface area (Å²) in [5.74, 6) is -1.15. The molecule has 2 rings (SSSR count). The van der Waals surface area contributed by atoms with E-state index in [0.29, 0.717) is 13.1 Å². The topological polar surface area (TPSA) is 82.5 Å². The fourth-order valence-corrected chi connectivity index (χ4v) is 1.97. The van der Waals surface area contributed by atoms with Crippen LogP contribution in [0.4, 0.5) is 10.5 Å². The molecule has 2 heterocycles. The van der Waals surface area contributed by atoms with Crippen LogP contribution in [0.15, 0.2) is 18.3 Å². The monoisotopic (exact) mass is 249 g/mol. The van der Waals surface area contributed by atoms with Crippen molar-refractivity contribution in [3.05, 3.63) is 24.0 Å². The highest BCUT2D eigenvalue weighted by Gasteiger charge is 2.19. The van der Waals surface area contributed by atoms with Crippen LogP contribution in [0.5, 0.6) is 0 Å². The van der Waals surface area contributed by atoms with Crippen molar-refractivity contribution >= 4 is 17.7 Å². The third-order valence-corrected chi connectivity index (χ3v) is 2.90. The molecule has 6 nitrogen and oxygen atoms in total. The number of aromatic carboxylic acids is 1. The Morgan fingerprint density at radius 3 is 2.67 bits per heavy atom. The van der Waals surface area contributed by atoms with E-state index in [2.05, 4.69) is 10.3 Å². The zero-order valence-electron chi connectivity index (χ0n) is 9.93. The first-order chi connectivity index (χ1) is 8.68. The normalized spacial score (nSPS) is 15.2. The number of aromatic nitrogens is 1. The van der Waals surface area contributed by atoms with Crippen molar-refractivity contribution in [2.45, 2.75) is 19.3 Å². The second kappa shape index (κ2) is 5.48. The molecule has 96 valence electrons. The second-order valence-corrected chi connectivity index (χ2v) is 4.18. The number of urea groups is 1. The standard InChI is InChI=1S/C12H15N3O3/c16-11(17)10-9(5-4-6-13-10)14-12(18)15-7-2-1-3-8-15/h4-6H,1-3,7-8H2,(H,14,18)(H,16,17). The molecular formula is C12H15N3O3. The minimum absolute atomic E-state index is 0.136. The number of pyridine rings is 1. The molecule has 1 fully saturated rings. The summed E-state index contributed by atoms with van der Waals surface area (Å²) < 4.78 is 0. The number of carbonyl (C=O) groups excluding carboxylic acids is 1. The number of likely N-dealkylation sites (tertiary alicyclic amines) is 1. The Balaban J connectivity index is 2.08. The van der Waals surface area contributed by atoms with E-state index < -0.39 is 5.97 Å². The van der Waals surface area contributed by atoms with Crippen molar-refractivity contribution < 1.29 is 14.7 Å². The lowest BCUT2D eigenvalue weighted by Gasteiger charge is -2.26. The summed E-state index contributed by atoms with van der Waals surface area (Å²) in [6.45, 7) is 1.43. The summed E-state index contributed by atoms with van der Waals surface area (Å²) in [4.78, 5) is 28.3. The fraction of sp³-hybridized carbons (Fsp3) is 0.417. The molecule has 0 aliphatic carbocycles. The van der Waals surface area contributed by atoms with E-state index in [1.54, 1.807) is 11.0 Å². The molecule has 1 aromatic heterocycles. The van der Waals surface area contributed by atoms with Crippen molar-refractivity contribution in [1.29, 1.82) is 0 Å². The lowest BCUT2D eigenvalue weighted by Crippen LogP contribution is -2.39. The van der Waals surface area contributed by atoms with E-state index in [-0.39, 0.29) is 17.4 Å². The third kappa shape index (κ3) is 2.77. The maximum absolute atomic E-state index is 11.9. The first kappa shape index (κ1) is 12.3. The van der Waals surface area contributed by atoms with Gasteiger partial charge in [0, 0.05) is 19.3 Å². The molecule has 2 N–H and O–H groups in total. The number of hydrogen-bond acceptors (Lipinski definition) is 3. The third-order valence-electron chi connectivity index (χ3n) is 2.90. The molecule has 6 heteroatoms. The molecule has 1 saturated heterocycles. The average Bonchev–Trinajstić information content (AvgIpc) is 2.40. The van der Waals surface area contributed by atoms with Gasteiger partial charge < -0.3 is 15.3 Å². The Labute approximate surface area is 105 Å². The van der Waals surface area contributed by atoms with Crippen LogP contribution in [0, 0.1) is 0 Å². The molecule has 1 aliphatic rings. The minimum atomic E-state index is -1.15. The maximum atomic E-state index is 11.9. The van der Waals surface area contributed by atoms with Crippen molar-refractivity contribution in [1.82, 2.24) is 9.88 Å². The molecule has 1 aromatic rings. The number of carboxylic acid groups (broad SMARTS) is 1. The average molecular weight is 249 g/mol. The minimum Gasteiger partial charge on any atom is -0.476 e. The van der Waals surface area contributed by atoms with Crippen LogP contribution < -0.4 is 5.32 Å². The summed E-state index contributed by atoms with van der Waals surface area (Å²) in [6, 6.07) is 2.88. The van der Waals surface area contributed by atoms with Gasteiger partial charge in [-0.05, 0) is 31.4 Å². The van der Waals surface area contributed by atoms with Crippen LogP contribution in [-0.4, -0.2) is 40.1 Å². The second-order valence-electron chi connectivity index (χ2n) is 4.18. The highest BCUT2D eigenvalue weighted by molar-refractivity contribution is 5.98. The van der Waals surface area contributed by atoms with Crippen molar-refractivity contribution in [2.75, 3.05) is 18.4 Å². The number of carbonyl (C=O) groups is 2. The molecule has 0 spiro atoms. The zero-order valence-corrected chi connectivity index (χ0v) is 9.93. The van der Waals surface area contributed by atoms with Crippen molar-refractivity contribution in [3.63, 3.8) is 0 Å². The maximum Gasteiger partial charge on any atom is 0.356 e. The number of nitrogens with zero attached hydrogens (tertiary/aromatic N) is 2. The number of hydrogen-bond donors (Lipinski definition) is 2. The van der Waals surface area contributed by atoms with Gasteiger partial charge in [-0.1, -0.05) is 0 Å². The Morgan fingerprint density at radius 1 is 1.28 bits per heavy atom. The molecule has 18 heavy (non-hydrogen) atoms. The molecule has 0 radical (unpaired) electrons.